The molecule has 1 N–H and O–H groups in total. The molecule has 0 bridgehead atoms. The van der Waals surface area contributed by atoms with E-state index in [2.05, 4.69) is 25.7 Å². The third-order valence-corrected chi connectivity index (χ3v) is 3.54. The second kappa shape index (κ2) is 12.4. The lowest BCUT2D eigenvalue weighted by atomic mass is 10.1. The van der Waals surface area contributed by atoms with Crippen LogP contribution in [0.5, 0.6) is 0 Å². The Kier molecular flexibility index (Phi) is 12.3. The largest absolute Gasteiger partial charge is 0.381 e. The van der Waals surface area contributed by atoms with Crippen molar-refractivity contribution in [3.05, 3.63) is 0 Å². The van der Waals surface area contributed by atoms with Crippen LogP contribution in [0, 0.1) is 0 Å². The summed E-state index contributed by atoms with van der Waals surface area (Å²) in [5, 5.41) is 9.25. The van der Waals surface area contributed by atoms with Gasteiger partial charge in [-0.25, -0.2) is 0 Å². The van der Waals surface area contributed by atoms with E-state index in [0.717, 1.165) is 13.0 Å². The summed E-state index contributed by atoms with van der Waals surface area (Å²) in [6.07, 6.45) is 12.0. The van der Waals surface area contributed by atoms with Crippen molar-refractivity contribution in [1.29, 1.82) is 0 Å². The normalized spacial score (nSPS) is 13.2. The van der Waals surface area contributed by atoms with Gasteiger partial charge < -0.3 is 5.11 Å². The fourth-order valence-corrected chi connectivity index (χ4v) is 2.30. The van der Waals surface area contributed by atoms with Crippen molar-refractivity contribution in [2.24, 2.45) is 0 Å². The van der Waals surface area contributed by atoms with Crippen LogP contribution in [0.15, 0.2) is 0 Å². The lowest BCUT2D eigenvalue weighted by Gasteiger charge is -2.26. The molecule has 0 aromatic carbocycles. The van der Waals surface area contributed by atoms with Crippen molar-refractivity contribution in [2.75, 3.05) is 13.3 Å². The number of aliphatic hydroxyl groups excluding tert-OH is 1. The van der Waals surface area contributed by atoms with Gasteiger partial charge in [-0.05, 0) is 19.8 Å². The van der Waals surface area contributed by atoms with E-state index in [-0.39, 0.29) is 6.73 Å². The van der Waals surface area contributed by atoms with E-state index in [1.54, 1.807) is 0 Å². The number of unbranched alkanes of at least 4 members (excludes halogenated alkanes) is 6. The molecular formula is C15H33NO. The molecule has 17 heavy (non-hydrogen) atoms. The third-order valence-electron chi connectivity index (χ3n) is 3.54. The molecule has 0 aliphatic rings. The molecule has 0 aliphatic carbocycles. The van der Waals surface area contributed by atoms with Crippen molar-refractivity contribution >= 4 is 0 Å². The molecule has 0 aromatic rings. The van der Waals surface area contributed by atoms with Crippen molar-refractivity contribution in [3.8, 4) is 0 Å². The Labute approximate surface area is 108 Å². The molecule has 0 heterocycles. The average molecular weight is 243 g/mol. The molecule has 2 nitrogen and oxygen atoms in total. The van der Waals surface area contributed by atoms with Crippen molar-refractivity contribution in [1.82, 2.24) is 4.90 Å². The smallest absolute Gasteiger partial charge is 0.0958 e. The highest BCUT2D eigenvalue weighted by Gasteiger charge is 2.10. The lowest BCUT2D eigenvalue weighted by Crippen LogP contribution is -2.34. The molecular weight excluding hydrogens is 210 g/mol. The molecule has 1 unspecified atom stereocenters. The Hall–Kier alpha value is -0.0800. The first-order valence-corrected chi connectivity index (χ1v) is 7.61. The molecule has 104 valence electrons. The number of rotatable bonds is 12. The second-order valence-corrected chi connectivity index (χ2v) is 5.21. The molecule has 0 saturated heterocycles. The van der Waals surface area contributed by atoms with Crippen LogP contribution in [0.3, 0.4) is 0 Å². The zero-order valence-corrected chi connectivity index (χ0v) is 12.2. The highest BCUT2D eigenvalue weighted by atomic mass is 16.3. The second-order valence-electron chi connectivity index (χ2n) is 5.21. The van der Waals surface area contributed by atoms with Crippen molar-refractivity contribution in [2.45, 2.75) is 84.6 Å². The zero-order chi connectivity index (χ0) is 12.9. The van der Waals surface area contributed by atoms with Crippen molar-refractivity contribution in [3.63, 3.8) is 0 Å². The molecule has 0 fully saturated rings. The van der Waals surface area contributed by atoms with Crippen LogP contribution >= 0.6 is 0 Å². The zero-order valence-electron chi connectivity index (χ0n) is 12.2. The van der Waals surface area contributed by atoms with E-state index < -0.39 is 0 Å². The predicted molar refractivity (Wildman–Crippen MR) is 76.2 cm³/mol. The molecule has 2 heteroatoms. The van der Waals surface area contributed by atoms with Gasteiger partial charge in [0.05, 0.1) is 6.73 Å². The summed E-state index contributed by atoms with van der Waals surface area (Å²) in [5.74, 6) is 0. The van der Waals surface area contributed by atoms with Crippen LogP contribution in [0.25, 0.3) is 0 Å². The van der Waals surface area contributed by atoms with E-state index in [9.17, 15) is 5.11 Å². The van der Waals surface area contributed by atoms with Crippen LogP contribution in [-0.4, -0.2) is 29.3 Å². The topological polar surface area (TPSA) is 23.5 Å². The van der Waals surface area contributed by atoms with E-state index in [1.165, 1.54) is 51.4 Å². The van der Waals surface area contributed by atoms with Gasteiger partial charge in [-0.15, -0.1) is 0 Å². The van der Waals surface area contributed by atoms with Crippen LogP contribution < -0.4 is 0 Å². The van der Waals surface area contributed by atoms with Gasteiger partial charge in [-0.1, -0.05) is 58.8 Å². The molecule has 1 atom stereocenters. The Balaban J connectivity index is 3.39. The number of hydrogen-bond donors (Lipinski definition) is 1. The Morgan fingerprint density at radius 1 is 0.882 bits per heavy atom. The maximum Gasteiger partial charge on any atom is 0.0958 e. The molecule has 0 aliphatic heterocycles. The summed E-state index contributed by atoms with van der Waals surface area (Å²) in [4.78, 5) is 2.18. The van der Waals surface area contributed by atoms with Crippen LogP contribution in [0.2, 0.25) is 0 Å². The van der Waals surface area contributed by atoms with Gasteiger partial charge in [0.2, 0.25) is 0 Å². The van der Waals surface area contributed by atoms with Gasteiger partial charge in [0, 0.05) is 12.6 Å². The molecule has 0 radical (unpaired) electrons. The lowest BCUT2D eigenvalue weighted by molar-refractivity contribution is 0.0696. The van der Waals surface area contributed by atoms with E-state index in [0.29, 0.717) is 6.04 Å². The number of aliphatic hydroxyl groups is 1. The maximum absolute atomic E-state index is 9.25. The molecule has 0 saturated carbocycles. The Morgan fingerprint density at radius 3 is 2.00 bits per heavy atom. The summed E-state index contributed by atoms with van der Waals surface area (Å²) in [6, 6.07) is 0.538. The average Bonchev–Trinajstić information content (AvgIpc) is 2.34. The molecule has 0 aromatic heterocycles. The standard InChI is InChI=1S/C15H33NO/c1-4-6-7-8-9-10-11-12-15(3)16(14-17)13-5-2/h15,17H,4-14H2,1-3H3. The summed E-state index contributed by atoms with van der Waals surface area (Å²) in [7, 11) is 0. The fraction of sp³-hybridized carbons (Fsp3) is 1.00. The van der Waals surface area contributed by atoms with Crippen molar-refractivity contribution < 1.29 is 5.11 Å². The first kappa shape index (κ1) is 16.9. The third kappa shape index (κ3) is 9.61. The van der Waals surface area contributed by atoms with E-state index in [4.69, 9.17) is 0 Å². The first-order chi connectivity index (χ1) is 8.26. The van der Waals surface area contributed by atoms with Gasteiger partial charge in [-0.2, -0.15) is 0 Å². The SMILES string of the molecule is CCCCCCCCCC(C)N(CO)CCC. The van der Waals surface area contributed by atoms with Gasteiger partial charge in [0.25, 0.3) is 0 Å². The fourth-order valence-electron chi connectivity index (χ4n) is 2.30. The number of hydrogen-bond acceptors (Lipinski definition) is 2. The summed E-state index contributed by atoms with van der Waals surface area (Å²) >= 11 is 0. The Bertz CT molecular complexity index is 150. The highest BCUT2D eigenvalue weighted by Crippen LogP contribution is 2.12. The summed E-state index contributed by atoms with van der Waals surface area (Å²) in [5.41, 5.74) is 0. The summed E-state index contributed by atoms with van der Waals surface area (Å²) < 4.78 is 0. The van der Waals surface area contributed by atoms with E-state index >= 15 is 0 Å². The van der Waals surface area contributed by atoms with E-state index in [1.807, 2.05) is 0 Å². The number of nitrogens with zero attached hydrogens (tertiary/aromatic N) is 1. The Morgan fingerprint density at radius 2 is 1.47 bits per heavy atom. The van der Waals surface area contributed by atoms with Crippen LogP contribution in [-0.2, 0) is 0 Å². The molecule has 0 spiro atoms. The van der Waals surface area contributed by atoms with Gasteiger partial charge >= 0.3 is 0 Å². The van der Waals surface area contributed by atoms with Crippen LogP contribution in [0.1, 0.15) is 78.6 Å². The quantitative estimate of drug-likeness (QED) is 0.410. The van der Waals surface area contributed by atoms with Crippen LogP contribution in [0.4, 0.5) is 0 Å². The minimum atomic E-state index is 0.214. The highest BCUT2D eigenvalue weighted by molar-refractivity contribution is 4.64. The molecule has 0 amide bonds. The molecule has 0 rings (SSSR count). The predicted octanol–water partition coefficient (Wildman–Crippen LogP) is 4.18. The minimum absolute atomic E-state index is 0.214. The first-order valence-electron chi connectivity index (χ1n) is 7.61. The minimum Gasteiger partial charge on any atom is -0.381 e. The monoisotopic (exact) mass is 243 g/mol. The van der Waals surface area contributed by atoms with Gasteiger partial charge in [-0.3, -0.25) is 4.90 Å². The van der Waals surface area contributed by atoms with Gasteiger partial charge in [0.1, 0.15) is 0 Å². The maximum atomic E-state index is 9.25. The van der Waals surface area contributed by atoms with Gasteiger partial charge in [0.15, 0.2) is 0 Å². The summed E-state index contributed by atoms with van der Waals surface area (Å²) in [6.45, 7) is 7.91.